The van der Waals surface area contributed by atoms with Crippen molar-refractivity contribution in [1.29, 1.82) is 0 Å². The van der Waals surface area contributed by atoms with E-state index in [0.717, 1.165) is 4.57 Å². The standard InChI is InChI=1S/C18H15ClN4O5/c1-21-15-14(16(24)22(2)18(21)26)23(9-20-15)5-6-27-17(25)13-8-10-7-11(19)3-4-12(10)28-13/h3-4,7-9H,5-6H2,1-2H3. The highest BCUT2D eigenvalue weighted by atomic mass is 35.5. The van der Waals surface area contributed by atoms with Gasteiger partial charge in [-0.2, -0.15) is 0 Å². The van der Waals surface area contributed by atoms with Gasteiger partial charge in [-0.3, -0.25) is 13.9 Å². The molecule has 0 saturated heterocycles. The highest BCUT2D eigenvalue weighted by Gasteiger charge is 2.16. The first-order valence-electron chi connectivity index (χ1n) is 8.34. The molecule has 0 spiro atoms. The molecule has 0 saturated carbocycles. The summed E-state index contributed by atoms with van der Waals surface area (Å²) in [5.41, 5.74) is 0.143. The first kappa shape index (κ1) is 18.1. The van der Waals surface area contributed by atoms with E-state index < -0.39 is 17.2 Å². The van der Waals surface area contributed by atoms with E-state index in [0.29, 0.717) is 16.0 Å². The number of ether oxygens (including phenoxy) is 1. The van der Waals surface area contributed by atoms with E-state index in [-0.39, 0.29) is 30.1 Å². The van der Waals surface area contributed by atoms with Crippen molar-refractivity contribution in [2.45, 2.75) is 6.54 Å². The van der Waals surface area contributed by atoms with Gasteiger partial charge >= 0.3 is 11.7 Å². The van der Waals surface area contributed by atoms with Crippen LogP contribution in [0.25, 0.3) is 22.1 Å². The van der Waals surface area contributed by atoms with Crippen LogP contribution in [0.4, 0.5) is 0 Å². The smallest absolute Gasteiger partial charge is 0.374 e. The van der Waals surface area contributed by atoms with Crippen molar-refractivity contribution in [3.8, 4) is 0 Å². The maximum absolute atomic E-state index is 12.4. The number of esters is 1. The van der Waals surface area contributed by atoms with Crippen LogP contribution in [0.1, 0.15) is 10.6 Å². The molecule has 0 aliphatic heterocycles. The Morgan fingerprint density at radius 1 is 1.21 bits per heavy atom. The highest BCUT2D eigenvalue weighted by Crippen LogP contribution is 2.23. The molecule has 28 heavy (non-hydrogen) atoms. The Labute approximate surface area is 162 Å². The highest BCUT2D eigenvalue weighted by molar-refractivity contribution is 6.31. The molecule has 4 aromatic rings. The Hall–Kier alpha value is -3.33. The van der Waals surface area contributed by atoms with Crippen LogP contribution in [-0.4, -0.2) is 31.3 Å². The van der Waals surface area contributed by atoms with Crippen LogP contribution in [0.15, 0.2) is 44.6 Å². The first-order chi connectivity index (χ1) is 13.4. The van der Waals surface area contributed by atoms with Crippen LogP contribution < -0.4 is 11.2 Å². The predicted octanol–water partition coefficient (Wildman–Crippen LogP) is 1.69. The summed E-state index contributed by atoms with van der Waals surface area (Å²) in [6.45, 7) is 0.190. The summed E-state index contributed by atoms with van der Waals surface area (Å²) in [6.07, 6.45) is 1.43. The third-order valence-electron chi connectivity index (χ3n) is 4.46. The quantitative estimate of drug-likeness (QED) is 0.481. The molecule has 0 aliphatic carbocycles. The van der Waals surface area contributed by atoms with E-state index in [2.05, 4.69) is 4.98 Å². The maximum Gasteiger partial charge on any atom is 0.374 e. The molecule has 0 bridgehead atoms. The van der Waals surface area contributed by atoms with Crippen LogP contribution >= 0.6 is 11.6 Å². The van der Waals surface area contributed by atoms with Crippen molar-refractivity contribution in [3.63, 3.8) is 0 Å². The SMILES string of the molecule is Cn1c(=O)c2c(ncn2CCOC(=O)c2cc3cc(Cl)ccc3o2)n(C)c1=O. The number of carbonyl (C=O) groups excluding carboxylic acids is 1. The predicted molar refractivity (Wildman–Crippen MR) is 102 cm³/mol. The van der Waals surface area contributed by atoms with Crippen molar-refractivity contribution < 1.29 is 13.9 Å². The number of nitrogens with zero attached hydrogens (tertiary/aromatic N) is 4. The Balaban J connectivity index is 1.53. The van der Waals surface area contributed by atoms with Crippen LogP contribution in [0, 0.1) is 0 Å². The lowest BCUT2D eigenvalue weighted by atomic mass is 10.2. The fourth-order valence-electron chi connectivity index (χ4n) is 2.99. The molecule has 9 nitrogen and oxygen atoms in total. The van der Waals surface area contributed by atoms with E-state index >= 15 is 0 Å². The van der Waals surface area contributed by atoms with E-state index in [1.54, 1.807) is 28.8 Å². The summed E-state index contributed by atoms with van der Waals surface area (Å²) in [6, 6.07) is 6.59. The van der Waals surface area contributed by atoms with Gasteiger partial charge in [0.15, 0.2) is 11.2 Å². The topological polar surface area (TPSA) is 101 Å². The summed E-state index contributed by atoms with van der Waals surface area (Å²) in [4.78, 5) is 40.7. The van der Waals surface area contributed by atoms with Gasteiger partial charge in [0.25, 0.3) is 5.56 Å². The zero-order valence-electron chi connectivity index (χ0n) is 15.0. The average molecular weight is 403 g/mol. The maximum atomic E-state index is 12.4. The molecule has 0 unspecified atom stereocenters. The molecular formula is C18H15ClN4O5. The Bertz CT molecular complexity index is 1340. The molecule has 10 heteroatoms. The van der Waals surface area contributed by atoms with Crippen LogP contribution in [0.5, 0.6) is 0 Å². The molecule has 0 fully saturated rings. The summed E-state index contributed by atoms with van der Waals surface area (Å²) in [5, 5.41) is 1.24. The minimum Gasteiger partial charge on any atom is -0.458 e. The minimum atomic E-state index is -0.628. The van der Waals surface area contributed by atoms with E-state index in [4.69, 9.17) is 20.8 Å². The van der Waals surface area contributed by atoms with Crippen molar-refractivity contribution in [3.05, 3.63) is 62.2 Å². The molecule has 0 aliphatic rings. The lowest BCUT2D eigenvalue weighted by molar-refractivity contribution is 0.0458. The zero-order chi connectivity index (χ0) is 20.0. The normalized spacial score (nSPS) is 11.4. The molecule has 0 amide bonds. The second-order valence-electron chi connectivity index (χ2n) is 6.24. The van der Waals surface area contributed by atoms with Gasteiger partial charge in [-0.1, -0.05) is 11.6 Å². The van der Waals surface area contributed by atoms with E-state index in [1.807, 2.05) is 0 Å². The van der Waals surface area contributed by atoms with Gasteiger partial charge in [-0.05, 0) is 24.3 Å². The van der Waals surface area contributed by atoms with Gasteiger partial charge in [0, 0.05) is 24.5 Å². The van der Waals surface area contributed by atoms with Crippen molar-refractivity contribution in [2.24, 2.45) is 14.1 Å². The second kappa shape index (κ2) is 6.68. The van der Waals surface area contributed by atoms with Gasteiger partial charge < -0.3 is 13.7 Å². The molecule has 1 aromatic carbocycles. The average Bonchev–Trinajstić information content (AvgIpc) is 3.28. The van der Waals surface area contributed by atoms with Crippen molar-refractivity contribution in [2.75, 3.05) is 6.61 Å². The van der Waals surface area contributed by atoms with Gasteiger partial charge in [0.05, 0.1) is 12.9 Å². The molecule has 3 aromatic heterocycles. The fourth-order valence-corrected chi connectivity index (χ4v) is 3.17. The summed E-state index contributed by atoms with van der Waals surface area (Å²) < 4.78 is 14.5. The monoisotopic (exact) mass is 402 g/mol. The Morgan fingerprint density at radius 3 is 2.79 bits per heavy atom. The molecule has 0 atom stereocenters. The van der Waals surface area contributed by atoms with Crippen molar-refractivity contribution >= 4 is 39.7 Å². The number of hydrogen-bond donors (Lipinski definition) is 0. The number of fused-ring (bicyclic) bond motifs is 2. The lowest BCUT2D eigenvalue weighted by Gasteiger charge is -2.07. The summed E-state index contributed by atoms with van der Waals surface area (Å²) in [5.74, 6) is -0.567. The summed E-state index contributed by atoms with van der Waals surface area (Å²) >= 11 is 5.93. The zero-order valence-corrected chi connectivity index (χ0v) is 15.8. The van der Waals surface area contributed by atoms with Crippen LogP contribution in [-0.2, 0) is 25.4 Å². The van der Waals surface area contributed by atoms with Gasteiger partial charge in [-0.25, -0.2) is 14.6 Å². The largest absolute Gasteiger partial charge is 0.458 e. The Kier molecular flexibility index (Phi) is 4.31. The number of furan rings is 1. The number of rotatable bonds is 4. The lowest BCUT2D eigenvalue weighted by Crippen LogP contribution is -2.37. The third kappa shape index (κ3) is 2.89. The molecule has 3 heterocycles. The second-order valence-corrected chi connectivity index (χ2v) is 6.68. The number of benzene rings is 1. The van der Waals surface area contributed by atoms with Gasteiger partial charge in [-0.15, -0.1) is 0 Å². The Morgan fingerprint density at radius 2 is 2.00 bits per heavy atom. The molecular weight excluding hydrogens is 388 g/mol. The van der Waals surface area contributed by atoms with E-state index in [1.165, 1.54) is 25.0 Å². The number of aromatic nitrogens is 4. The number of hydrogen-bond acceptors (Lipinski definition) is 6. The van der Waals surface area contributed by atoms with Crippen LogP contribution in [0.2, 0.25) is 5.02 Å². The first-order valence-corrected chi connectivity index (χ1v) is 8.71. The summed E-state index contributed by atoms with van der Waals surface area (Å²) in [7, 11) is 2.94. The van der Waals surface area contributed by atoms with Gasteiger partial charge in [0.2, 0.25) is 5.76 Å². The van der Waals surface area contributed by atoms with E-state index in [9.17, 15) is 14.4 Å². The number of carbonyl (C=O) groups is 1. The molecule has 144 valence electrons. The molecule has 0 N–H and O–H groups in total. The number of imidazole rings is 1. The number of halogens is 1. The molecule has 4 rings (SSSR count). The minimum absolute atomic E-state index is 0.00586. The molecule has 0 radical (unpaired) electrons. The van der Waals surface area contributed by atoms with Crippen LogP contribution in [0.3, 0.4) is 0 Å². The van der Waals surface area contributed by atoms with Gasteiger partial charge in [0.1, 0.15) is 12.2 Å². The number of aryl methyl sites for hydroxylation is 1. The van der Waals surface area contributed by atoms with Crippen molar-refractivity contribution in [1.82, 2.24) is 18.7 Å². The fraction of sp³-hybridized carbons (Fsp3) is 0.222. The third-order valence-corrected chi connectivity index (χ3v) is 4.70.